The van der Waals surface area contributed by atoms with Crippen molar-refractivity contribution >= 4 is 11.5 Å². The van der Waals surface area contributed by atoms with E-state index in [-0.39, 0.29) is 22.6 Å². The topological polar surface area (TPSA) is 45.1 Å². The Hall–Kier alpha value is -2.73. The third kappa shape index (κ3) is 5.92. The zero-order valence-corrected chi connectivity index (χ0v) is 20.8. The molecule has 35 heavy (non-hydrogen) atoms. The summed E-state index contributed by atoms with van der Waals surface area (Å²) in [6.45, 7) is 6.38. The molecule has 4 rings (SSSR count). The molecule has 2 aromatic rings. The van der Waals surface area contributed by atoms with Crippen LogP contribution >= 0.6 is 0 Å². The molecule has 0 amide bonds. The first-order valence-electron chi connectivity index (χ1n) is 12.7. The summed E-state index contributed by atoms with van der Waals surface area (Å²) in [6.07, 6.45) is 8.04. The van der Waals surface area contributed by atoms with E-state index in [4.69, 9.17) is 4.84 Å². The summed E-state index contributed by atoms with van der Waals surface area (Å²) in [5.74, 6) is -0.757. The molecule has 0 bridgehead atoms. The fourth-order valence-corrected chi connectivity index (χ4v) is 5.69. The normalized spacial score (nSPS) is 21.1. The highest BCUT2D eigenvalue weighted by Gasteiger charge is 2.39. The first kappa shape index (κ1) is 25.4. The molecule has 4 nitrogen and oxygen atoms in total. The van der Waals surface area contributed by atoms with Crippen molar-refractivity contribution in [2.75, 3.05) is 19.7 Å². The van der Waals surface area contributed by atoms with Crippen LogP contribution < -0.4 is 0 Å². The van der Waals surface area contributed by atoms with E-state index in [2.05, 4.69) is 10.1 Å². The van der Waals surface area contributed by atoms with Crippen LogP contribution in [0.2, 0.25) is 0 Å². The number of aryl methyl sites for hydroxylation is 1. The molecule has 1 aliphatic heterocycles. The Morgan fingerprint density at radius 1 is 1.14 bits per heavy atom. The van der Waals surface area contributed by atoms with Gasteiger partial charge in [0.15, 0.2) is 0 Å². The van der Waals surface area contributed by atoms with Gasteiger partial charge in [-0.15, -0.1) is 0 Å². The summed E-state index contributed by atoms with van der Waals surface area (Å²) in [7, 11) is 0. The molecule has 2 aliphatic rings. The van der Waals surface area contributed by atoms with Crippen molar-refractivity contribution in [3.63, 3.8) is 0 Å². The zero-order chi connectivity index (χ0) is 24.8. The first-order chi connectivity index (χ1) is 16.9. The second-order valence-corrected chi connectivity index (χ2v) is 9.86. The number of piperidine rings is 1. The quantitative estimate of drug-likeness (QED) is 0.344. The van der Waals surface area contributed by atoms with E-state index in [1.807, 2.05) is 19.9 Å². The van der Waals surface area contributed by atoms with Gasteiger partial charge in [-0.1, -0.05) is 23.4 Å². The number of hydrogen-bond donors (Lipinski definition) is 1. The molecule has 0 unspecified atom stereocenters. The van der Waals surface area contributed by atoms with E-state index >= 15 is 0 Å². The number of aliphatic hydroxyl groups is 1. The van der Waals surface area contributed by atoms with E-state index in [0.29, 0.717) is 19.1 Å². The van der Waals surface area contributed by atoms with Gasteiger partial charge in [-0.2, -0.15) is 0 Å². The molecule has 1 N–H and O–H groups in total. The van der Waals surface area contributed by atoms with Gasteiger partial charge in [0.25, 0.3) is 0 Å². The van der Waals surface area contributed by atoms with Crippen molar-refractivity contribution in [2.24, 2.45) is 5.16 Å². The van der Waals surface area contributed by atoms with Gasteiger partial charge in [-0.05, 0) is 113 Å². The third-order valence-corrected chi connectivity index (χ3v) is 7.73. The SMILES string of the molecule is CCON=C1CCC(N2CCC(C/C=C(/O)c3ccccc3F)(c3cc(F)ccc3C)CC2)CC1. The van der Waals surface area contributed by atoms with Crippen molar-refractivity contribution in [3.05, 3.63) is 76.9 Å². The van der Waals surface area contributed by atoms with Gasteiger partial charge in [-0.25, -0.2) is 8.78 Å². The van der Waals surface area contributed by atoms with E-state index in [1.54, 1.807) is 30.3 Å². The smallest absolute Gasteiger partial charge is 0.134 e. The zero-order valence-electron chi connectivity index (χ0n) is 20.8. The van der Waals surface area contributed by atoms with Crippen molar-refractivity contribution in [1.82, 2.24) is 4.90 Å². The molecule has 1 saturated heterocycles. The molecule has 6 heteroatoms. The lowest BCUT2D eigenvalue weighted by Crippen LogP contribution is -2.48. The summed E-state index contributed by atoms with van der Waals surface area (Å²) in [5, 5.41) is 14.9. The summed E-state index contributed by atoms with van der Waals surface area (Å²) >= 11 is 0. The highest BCUT2D eigenvalue weighted by atomic mass is 19.1. The maximum absolute atomic E-state index is 14.3. The van der Waals surface area contributed by atoms with Crippen LogP contribution in [-0.4, -0.2) is 41.5 Å². The van der Waals surface area contributed by atoms with Gasteiger partial charge in [0.2, 0.25) is 0 Å². The van der Waals surface area contributed by atoms with E-state index < -0.39 is 5.82 Å². The van der Waals surface area contributed by atoms with E-state index in [0.717, 1.165) is 68.5 Å². The van der Waals surface area contributed by atoms with Crippen molar-refractivity contribution in [2.45, 2.75) is 70.3 Å². The number of aliphatic hydroxyl groups excluding tert-OH is 1. The van der Waals surface area contributed by atoms with Crippen molar-refractivity contribution < 1.29 is 18.7 Å². The Morgan fingerprint density at radius 2 is 1.86 bits per heavy atom. The second-order valence-electron chi connectivity index (χ2n) is 9.86. The average Bonchev–Trinajstić information content (AvgIpc) is 2.88. The average molecular weight is 483 g/mol. The Kier molecular flexibility index (Phi) is 8.22. The lowest BCUT2D eigenvalue weighted by Gasteiger charge is -2.46. The van der Waals surface area contributed by atoms with E-state index in [1.165, 1.54) is 12.1 Å². The maximum Gasteiger partial charge on any atom is 0.134 e. The number of oxime groups is 1. The monoisotopic (exact) mass is 482 g/mol. The number of hydrogen-bond acceptors (Lipinski definition) is 4. The molecule has 188 valence electrons. The van der Waals surface area contributed by atoms with Gasteiger partial charge >= 0.3 is 0 Å². The van der Waals surface area contributed by atoms with Crippen LogP contribution in [0.3, 0.4) is 0 Å². The third-order valence-electron chi connectivity index (χ3n) is 7.73. The van der Waals surface area contributed by atoms with Gasteiger partial charge in [-0.3, -0.25) is 0 Å². The van der Waals surface area contributed by atoms with Crippen LogP contribution in [0.5, 0.6) is 0 Å². The number of allylic oxidation sites excluding steroid dienone is 1. The maximum atomic E-state index is 14.3. The van der Waals surface area contributed by atoms with E-state index in [9.17, 15) is 13.9 Å². The Morgan fingerprint density at radius 3 is 2.54 bits per heavy atom. The van der Waals surface area contributed by atoms with Gasteiger partial charge < -0.3 is 14.8 Å². The van der Waals surface area contributed by atoms with Crippen LogP contribution in [0.15, 0.2) is 53.7 Å². The molecule has 2 aromatic carbocycles. The van der Waals surface area contributed by atoms with Gasteiger partial charge in [0.05, 0.1) is 11.3 Å². The summed E-state index contributed by atoms with van der Waals surface area (Å²) in [5.41, 5.74) is 3.08. The minimum atomic E-state index is -0.448. The van der Waals surface area contributed by atoms with Crippen LogP contribution in [0.25, 0.3) is 5.76 Å². The highest BCUT2D eigenvalue weighted by molar-refractivity contribution is 5.84. The number of likely N-dealkylation sites (tertiary alicyclic amines) is 1. The fourth-order valence-electron chi connectivity index (χ4n) is 5.69. The van der Waals surface area contributed by atoms with Crippen LogP contribution in [-0.2, 0) is 10.3 Å². The Labute approximate surface area is 207 Å². The molecule has 0 radical (unpaired) electrons. The second kappa shape index (κ2) is 11.3. The number of benzene rings is 2. The standard InChI is InChI=1S/C29H36F2N2O2/c1-3-35-32-23-10-12-24(13-11-23)33-18-16-29(17-19-33,26-20-22(30)9-8-21(26)2)15-14-28(34)25-6-4-5-7-27(25)31/h4-9,14,20,24,34H,3,10-13,15-19H2,1-2H3/b28-14+,32-23?. The molecule has 1 aliphatic carbocycles. The minimum absolute atomic E-state index is 0.0626. The minimum Gasteiger partial charge on any atom is -0.508 e. The molecule has 0 atom stereocenters. The molecule has 1 heterocycles. The Bertz CT molecular complexity index is 1060. The first-order valence-corrected chi connectivity index (χ1v) is 12.7. The predicted molar refractivity (Wildman–Crippen MR) is 137 cm³/mol. The molecule has 1 saturated carbocycles. The number of rotatable bonds is 7. The lowest BCUT2D eigenvalue weighted by molar-refractivity contribution is 0.101. The van der Waals surface area contributed by atoms with Gasteiger partial charge in [0, 0.05) is 11.5 Å². The predicted octanol–water partition coefficient (Wildman–Crippen LogP) is 6.93. The molecular formula is C29H36F2N2O2. The highest BCUT2D eigenvalue weighted by Crippen LogP contribution is 2.42. The lowest BCUT2D eigenvalue weighted by atomic mass is 9.68. The van der Waals surface area contributed by atoms with Crippen LogP contribution in [0.1, 0.15) is 68.6 Å². The summed E-state index contributed by atoms with van der Waals surface area (Å²) < 4.78 is 28.6. The number of nitrogens with zero attached hydrogens (tertiary/aromatic N) is 2. The van der Waals surface area contributed by atoms with Crippen LogP contribution in [0.4, 0.5) is 8.78 Å². The molecule has 2 fully saturated rings. The fraction of sp³-hybridized carbons (Fsp3) is 0.483. The van der Waals surface area contributed by atoms with Crippen molar-refractivity contribution in [1.29, 1.82) is 0 Å². The largest absolute Gasteiger partial charge is 0.508 e. The molecule has 0 spiro atoms. The number of halogens is 2. The summed E-state index contributed by atoms with van der Waals surface area (Å²) in [6, 6.07) is 11.7. The van der Waals surface area contributed by atoms with Gasteiger partial charge in [0.1, 0.15) is 24.0 Å². The summed E-state index contributed by atoms with van der Waals surface area (Å²) in [4.78, 5) is 7.79. The molecule has 0 aromatic heterocycles. The Balaban J connectivity index is 1.52. The van der Waals surface area contributed by atoms with Crippen LogP contribution in [0, 0.1) is 18.6 Å². The molecular weight excluding hydrogens is 446 g/mol. The van der Waals surface area contributed by atoms with Crippen molar-refractivity contribution in [3.8, 4) is 0 Å².